The van der Waals surface area contributed by atoms with Crippen LogP contribution in [0.3, 0.4) is 0 Å². The van der Waals surface area contributed by atoms with Crippen molar-refractivity contribution >= 4 is 22.6 Å². The molecule has 0 saturated heterocycles. The van der Waals surface area contributed by atoms with E-state index in [1.165, 1.54) is 0 Å². The van der Waals surface area contributed by atoms with Gasteiger partial charge in [0.05, 0.1) is 11.1 Å². The van der Waals surface area contributed by atoms with Gasteiger partial charge in [0, 0.05) is 36.3 Å². The number of ether oxygens (including phenoxy) is 1. The van der Waals surface area contributed by atoms with E-state index in [9.17, 15) is 9.59 Å². The molecule has 1 heterocycles. The van der Waals surface area contributed by atoms with Gasteiger partial charge in [0.25, 0.3) is 5.56 Å². The van der Waals surface area contributed by atoms with Crippen molar-refractivity contribution in [3.8, 4) is 11.3 Å². The molecule has 0 fully saturated rings. The number of rotatable bonds is 10. The van der Waals surface area contributed by atoms with Crippen molar-refractivity contribution in [1.82, 2.24) is 15.1 Å². The molecule has 1 aromatic heterocycles. The lowest BCUT2D eigenvalue weighted by Crippen LogP contribution is -2.37. The van der Waals surface area contributed by atoms with Gasteiger partial charge in [-0.05, 0) is 64.7 Å². The normalized spacial score (nSPS) is 11.4. The van der Waals surface area contributed by atoms with Gasteiger partial charge in [0.1, 0.15) is 5.60 Å². The van der Waals surface area contributed by atoms with Crippen molar-refractivity contribution < 1.29 is 9.53 Å². The third-order valence-corrected chi connectivity index (χ3v) is 5.41. The lowest BCUT2D eigenvalue weighted by Gasteiger charge is -2.27. The molecule has 1 amide bonds. The van der Waals surface area contributed by atoms with E-state index in [4.69, 9.17) is 4.74 Å². The summed E-state index contributed by atoms with van der Waals surface area (Å²) < 4.78 is 5.52. The maximum absolute atomic E-state index is 12.4. The van der Waals surface area contributed by atoms with E-state index in [0.29, 0.717) is 18.5 Å². The maximum Gasteiger partial charge on any atom is 0.410 e. The molecule has 0 aliphatic carbocycles. The van der Waals surface area contributed by atoms with Crippen molar-refractivity contribution in [1.29, 1.82) is 0 Å². The van der Waals surface area contributed by atoms with Gasteiger partial charge in [-0.2, -0.15) is 5.10 Å². The van der Waals surface area contributed by atoms with Crippen molar-refractivity contribution in [2.75, 3.05) is 25.0 Å². The Hall–Kier alpha value is -3.35. The van der Waals surface area contributed by atoms with Crippen LogP contribution in [0.25, 0.3) is 22.0 Å². The van der Waals surface area contributed by atoms with E-state index in [-0.39, 0.29) is 11.7 Å². The molecule has 34 heavy (non-hydrogen) atoms. The molecule has 0 unspecified atom stereocenters. The fourth-order valence-corrected chi connectivity index (χ4v) is 3.84. The zero-order valence-electron chi connectivity index (χ0n) is 20.7. The molecule has 0 radical (unpaired) electrons. The second kappa shape index (κ2) is 11.7. The predicted molar refractivity (Wildman–Crippen MR) is 138 cm³/mol. The summed E-state index contributed by atoms with van der Waals surface area (Å²) >= 11 is 0. The minimum atomic E-state index is -0.474. The third kappa shape index (κ3) is 7.07. The van der Waals surface area contributed by atoms with Gasteiger partial charge in [0.15, 0.2) is 0 Å². The molecule has 2 N–H and O–H groups in total. The topological polar surface area (TPSA) is 87.3 Å². The number of benzene rings is 2. The maximum atomic E-state index is 12.4. The summed E-state index contributed by atoms with van der Waals surface area (Å²) in [4.78, 5) is 26.3. The molecule has 3 rings (SSSR count). The van der Waals surface area contributed by atoms with E-state index in [1.54, 1.807) is 0 Å². The highest BCUT2D eigenvalue weighted by atomic mass is 16.6. The number of nitrogens with one attached hydrogen (secondary N) is 2. The molecule has 0 saturated carbocycles. The monoisotopic (exact) mass is 464 g/mol. The van der Waals surface area contributed by atoms with Crippen molar-refractivity contribution in [3.63, 3.8) is 0 Å². The van der Waals surface area contributed by atoms with Crippen molar-refractivity contribution in [2.45, 2.75) is 59.0 Å². The molecular weight excluding hydrogens is 428 g/mol. The first-order valence-corrected chi connectivity index (χ1v) is 12.1. The first-order chi connectivity index (χ1) is 16.3. The average molecular weight is 465 g/mol. The van der Waals surface area contributed by atoms with E-state index in [1.807, 2.05) is 68.1 Å². The van der Waals surface area contributed by atoms with Crippen LogP contribution in [0.1, 0.15) is 53.4 Å². The Kier molecular flexibility index (Phi) is 8.68. The zero-order chi connectivity index (χ0) is 24.6. The van der Waals surface area contributed by atoms with Gasteiger partial charge in [-0.15, -0.1) is 0 Å². The molecule has 0 bridgehead atoms. The fourth-order valence-electron chi connectivity index (χ4n) is 3.84. The highest BCUT2D eigenvalue weighted by Gasteiger charge is 2.21. The number of amides is 1. The molecular formula is C27H36N4O3. The zero-order valence-corrected chi connectivity index (χ0v) is 20.7. The number of anilines is 1. The number of carbonyl (C=O) groups is 1. The highest BCUT2D eigenvalue weighted by Crippen LogP contribution is 2.26. The Labute approximate surface area is 201 Å². The van der Waals surface area contributed by atoms with Gasteiger partial charge in [0.2, 0.25) is 0 Å². The third-order valence-electron chi connectivity index (χ3n) is 5.41. The molecule has 0 spiro atoms. The molecule has 0 aliphatic rings. The van der Waals surface area contributed by atoms with Gasteiger partial charge in [-0.3, -0.25) is 4.79 Å². The van der Waals surface area contributed by atoms with E-state index >= 15 is 0 Å². The van der Waals surface area contributed by atoms with E-state index < -0.39 is 5.60 Å². The Morgan fingerprint density at radius 3 is 2.53 bits per heavy atom. The van der Waals surface area contributed by atoms with Crippen molar-refractivity contribution in [2.24, 2.45) is 0 Å². The van der Waals surface area contributed by atoms with Crippen LogP contribution in [0.5, 0.6) is 0 Å². The second-order valence-corrected chi connectivity index (χ2v) is 9.48. The smallest absolute Gasteiger partial charge is 0.410 e. The number of aromatic nitrogens is 2. The first kappa shape index (κ1) is 25.3. The van der Waals surface area contributed by atoms with Gasteiger partial charge < -0.3 is 15.0 Å². The Morgan fingerprint density at radius 1 is 1.03 bits per heavy atom. The van der Waals surface area contributed by atoms with Gasteiger partial charge in [-0.1, -0.05) is 37.3 Å². The lowest BCUT2D eigenvalue weighted by atomic mass is 10.0. The number of nitrogens with zero attached hydrogens (tertiary/aromatic N) is 2. The Balaban J connectivity index is 1.51. The number of aromatic amines is 1. The van der Waals surface area contributed by atoms with Crippen LogP contribution in [-0.2, 0) is 4.74 Å². The quantitative estimate of drug-likeness (QED) is 0.369. The number of carbonyl (C=O) groups excluding carboxylic acids is 1. The summed E-state index contributed by atoms with van der Waals surface area (Å²) in [5.74, 6) is 0. The van der Waals surface area contributed by atoms with Crippen molar-refractivity contribution in [3.05, 3.63) is 58.9 Å². The fraction of sp³-hybridized carbons (Fsp3) is 0.444. The number of H-pyrrole nitrogens is 1. The molecule has 0 atom stereocenters. The summed E-state index contributed by atoms with van der Waals surface area (Å²) in [6.45, 7) is 10.0. The van der Waals surface area contributed by atoms with Crippen LogP contribution in [0.2, 0.25) is 0 Å². The first-order valence-electron chi connectivity index (χ1n) is 12.1. The van der Waals surface area contributed by atoms with Crippen LogP contribution >= 0.6 is 0 Å². The van der Waals surface area contributed by atoms with Crippen LogP contribution in [-0.4, -0.2) is 46.4 Å². The summed E-state index contributed by atoms with van der Waals surface area (Å²) in [6.07, 6.45) is 3.64. The molecule has 3 aromatic rings. The van der Waals surface area contributed by atoms with E-state index in [0.717, 1.165) is 54.6 Å². The summed E-state index contributed by atoms with van der Waals surface area (Å²) in [7, 11) is 0. The largest absolute Gasteiger partial charge is 0.444 e. The summed E-state index contributed by atoms with van der Waals surface area (Å²) in [5.41, 5.74) is 2.06. The standard InChI is InChI=1S/C27H36N4O3/c1-5-17-31(26(33)34-27(2,3)4)18-10-6-9-16-28-21-13-11-12-20(19-21)24-22-14-7-8-15-23(22)25(32)30-29-24/h7-8,11-15,19,28H,5-6,9-10,16-18H2,1-4H3,(H,30,32). The van der Waals surface area contributed by atoms with Crippen LogP contribution < -0.4 is 10.9 Å². The van der Waals surface area contributed by atoms with Gasteiger partial charge >= 0.3 is 6.09 Å². The molecule has 0 aliphatic heterocycles. The number of hydrogen-bond donors (Lipinski definition) is 2. The second-order valence-electron chi connectivity index (χ2n) is 9.48. The van der Waals surface area contributed by atoms with Gasteiger partial charge in [-0.25, -0.2) is 9.89 Å². The molecule has 182 valence electrons. The number of unbranched alkanes of at least 4 members (excludes halogenated alkanes) is 2. The minimum absolute atomic E-state index is 0.183. The lowest BCUT2D eigenvalue weighted by molar-refractivity contribution is 0.0247. The molecule has 7 heteroatoms. The van der Waals surface area contributed by atoms with Crippen LogP contribution in [0, 0.1) is 0 Å². The average Bonchev–Trinajstić information content (AvgIpc) is 2.80. The summed E-state index contributed by atoms with van der Waals surface area (Å²) in [6, 6.07) is 15.6. The summed E-state index contributed by atoms with van der Waals surface area (Å²) in [5, 5.41) is 11.8. The predicted octanol–water partition coefficient (Wildman–Crippen LogP) is 5.82. The Bertz CT molecular complexity index is 1150. The van der Waals surface area contributed by atoms with E-state index in [2.05, 4.69) is 28.5 Å². The van der Waals surface area contributed by atoms with Crippen LogP contribution in [0.4, 0.5) is 10.5 Å². The Morgan fingerprint density at radius 2 is 1.79 bits per heavy atom. The SMILES string of the molecule is CCCN(CCCCCNc1cccc(-c2n[nH]c(=O)c3ccccc23)c1)C(=O)OC(C)(C)C. The minimum Gasteiger partial charge on any atom is -0.444 e. The molecule has 2 aromatic carbocycles. The van der Waals surface area contributed by atoms with Crippen LogP contribution in [0.15, 0.2) is 53.3 Å². The highest BCUT2D eigenvalue weighted by molar-refractivity contribution is 5.94. The molecule has 7 nitrogen and oxygen atoms in total. The number of hydrogen-bond acceptors (Lipinski definition) is 5. The number of fused-ring (bicyclic) bond motifs is 1.